The quantitative estimate of drug-likeness (QED) is 0.0272. The van der Waals surface area contributed by atoms with Crippen molar-refractivity contribution in [3.63, 3.8) is 0 Å². The summed E-state index contributed by atoms with van der Waals surface area (Å²) in [6, 6.07) is -19.7. The number of aliphatic hydroxyl groups excluding tert-OH is 2. The van der Waals surface area contributed by atoms with E-state index in [-0.39, 0.29) is 0 Å². The molecule has 0 saturated carbocycles. The van der Waals surface area contributed by atoms with Crippen molar-refractivity contribution in [2.45, 2.75) is 165 Å². The normalized spacial score (nSPS) is 15.1. The first-order valence-electron chi connectivity index (χ1n) is 24.2. The zero-order valence-corrected chi connectivity index (χ0v) is 44.3. The Balaban J connectivity index is 6.69. The summed E-state index contributed by atoms with van der Waals surface area (Å²) in [5.74, 6) is -24.8. The van der Waals surface area contributed by atoms with E-state index in [2.05, 4.69) is 16.0 Å². The molecule has 38 nitrogen and oxygen atoms in total. The third-order valence-corrected chi connectivity index (χ3v) is 10.9. The van der Waals surface area contributed by atoms with Crippen molar-refractivity contribution < 1.29 is 117 Å². The smallest absolute Gasteiger partial charge is 0.305 e. The molecule has 0 heterocycles. The van der Waals surface area contributed by atoms with Gasteiger partial charge >= 0.3 is 23.9 Å². The second-order valence-electron chi connectivity index (χ2n) is 18.1. The Morgan fingerprint density at radius 2 is 0.622 bits per heavy atom. The van der Waals surface area contributed by atoms with E-state index in [0.717, 1.165) is 27.7 Å². The first-order chi connectivity index (χ1) is 37.9. The van der Waals surface area contributed by atoms with E-state index in [0.29, 0.717) is 0 Å². The maximum Gasteiger partial charge on any atom is 0.305 e. The van der Waals surface area contributed by atoms with Crippen molar-refractivity contribution in [1.82, 2.24) is 53.2 Å². The summed E-state index contributed by atoms with van der Waals surface area (Å²) in [6.45, 7) is 3.95. The van der Waals surface area contributed by atoms with Crippen LogP contribution in [0.3, 0.4) is 0 Å². The van der Waals surface area contributed by atoms with E-state index in [1.54, 1.807) is 0 Å². The molecule has 0 aromatic rings. The SMILES string of the molecule is CC(=O)N[C@H](C(=O)N[C@@H](CCC(N)=O)C(=O)N[C@@H](CC(=O)O)C(=O)N[C@@H](C)C(=O)N[C@@H](CCC(=O)O)C(=O)N[C@@H](CC(=O)O)C(=O)N[C@@H](CC(N)=O)C(=O)N[C@H](C(=O)N[C@@H](CCC(N)=O)C(=O)N[C@@H](CC(=O)O)C(N)=O)[C@@H](C)O)[C@@H](C)O. The highest BCUT2D eigenvalue weighted by Crippen LogP contribution is 2.09. The van der Waals surface area contributed by atoms with Gasteiger partial charge in [0.1, 0.15) is 60.4 Å². The molecule has 0 unspecified atom stereocenters. The Kier molecular flexibility index (Phi) is 31.0. The number of carbonyl (C=O) groups is 18. The number of hydrogen-bond donors (Lipinski definition) is 20. The molecule has 82 heavy (non-hydrogen) atoms. The van der Waals surface area contributed by atoms with E-state index in [4.69, 9.17) is 28.0 Å². The van der Waals surface area contributed by atoms with Gasteiger partial charge in [0.05, 0.1) is 37.9 Å². The molecule has 0 aliphatic heterocycles. The summed E-state index contributed by atoms with van der Waals surface area (Å²) in [5, 5.41) is 78.4. The van der Waals surface area contributed by atoms with E-state index in [1.165, 1.54) is 0 Å². The molecule has 0 rings (SSSR count). The third kappa shape index (κ3) is 28.3. The topological polar surface area (TPSA) is 653 Å². The molecule has 12 atom stereocenters. The largest absolute Gasteiger partial charge is 0.481 e. The highest BCUT2D eigenvalue weighted by molar-refractivity contribution is 6.01. The number of aliphatic carboxylic acids is 4. The molecule has 458 valence electrons. The van der Waals surface area contributed by atoms with E-state index < -0.39 is 243 Å². The van der Waals surface area contributed by atoms with Gasteiger partial charge in [0.2, 0.25) is 82.7 Å². The van der Waals surface area contributed by atoms with Gasteiger partial charge in [0.25, 0.3) is 0 Å². The van der Waals surface area contributed by atoms with Crippen molar-refractivity contribution >= 4 is 107 Å². The molecule has 0 aromatic carbocycles. The van der Waals surface area contributed by atoms with Crippen molar-refractivity contribution in [2.75, 3.05) is 0 Å². The van der Waals surface area contributed by atoms with Crippen LogP contribution in [0.5, 0.6) is 0 Å². The number of carboxylic acids is 4. The Morgan fingerprint density at radius 1 is 0.329 bits per heavy atom. The maximum absolute atomic E-state index is 13.7. The van der Waals surface area contributed by atoms with Gasteiger partial charge in [-0.2, -0.15) is 0 Å². The number of rotatable bonds is 39. The van der Waals surface area contributed by atoms with Gasteiger partial charge in [-0.05, 0) is 40.0 Å². The van der Waals surface area contributed by atoms with Crippen LogP contribution in [-0.2, 0) is 86.3 Å². The van der Waals surface area contributed by atoms with Crippen molar-refractivity contribution in [3.8, 4) is 0 Å². The molecule has 0 radical (unpaired) electrons. The molecule has 38 heteroatoms. The van der Waals surface area contributed by atoms with Gasteiger partial charge in [-0.1, -0.05) is 0 Å². The van der Waals surface area contributed by atoms with Crippen molar-refractivity contribution in [1.29, 1.82) is 0 Å². The molecule has 0 bridgehead atoms. The van der Waals surface area contributed by atoms with Gasteiger partial charge in [0.15, 0.2) is 0 Å². The fourth-order valence-corrected chi connectivity index (χ4v) is 6.79. The van der Waals surface area contributed by atoms with Crippen molar-refractivity contribution in [3.05, 3.63) is 0 Å². The second-order valence-corrected chi connectivity index (χ2v) is 18.1. The maximum atomic E-state index is 13.7. The number of amides is 14. The third-order valence-electron chi connectivity index (χ3n) is 10.9. The van der Waals surface area contributed by atoms with Gasteiger partial charge in [-0.3, -0.25) is 86.3 Å². The molecular weight excluding hydrogens is 1110 g/mol. The Morgan fingerprint density at radius 3 is 0.951 bits per heavy atom. The highest BCUT2D eigenvalue weighted by atomic mass is 16.4. The van der Waals surface area contributed by atoms with Gasteiger partial charge in [-0.25, -0.2) is 0 Å². The van der Waals surface area contributed by atoms with Crippen molar-refractivity contribution in [2.24, 2.45) is 22.9 Å². The van der Waals surface area contributed by atoms with Crippen LogP contribution >= 0.6 is 0 Å². The molecule has 14 amide bonds. The minimum Gasteiger partial charge on any atom is -0.481 e. The van der Waals surface area contributed by atoms with Crippen LogP contribution in [0.2, 0.25) is 0 Å². The number of hydrogen-bond acceptors (Lipinski definition) is 20. The lowest BCUT2D eigenvalue weighted by atomic mass is 10.1. The number of nitrogens with one attached hydrogen (secondary N) is 10. The molecule has 0 fully saturated rings. The zero-order chi connectivity index (χ0) is 63.5. The summed E-state index contributed by atoms with van der Waals surface area (Å²) in [7, 11) is 0. The molecule has 24 N–H and O–H groups in total. The lowest BCUT2D eigenvalue weighted by Crippen LogP contribution is -2.62. The minimum atomic E-state index is -2.29. The average molecular weight is 1180 g/mol. The summed E-state index contributed by atoms with van der Waals surface area (Å²) < 4.78 is 0. The predicted octanol–water partition coefficient (Wildman–Crippen LogP) is -11.2. The molecule has 0 aliphatic carbocycles. The number of aliphatic hydroxyl groups is 2. The summed E-state index contributed by atoms with van der Waals surface area (Å²) in [5.41, 5.74) is 20.7. The Labute approximate surface area is 463 Å². The molecule has 0 spiro atoms. The van der Waals surface area contributed by atoms with Gasteiger partial charge < -0.3 is 107 Å². The lowest BCUT2D eigenvalue weighted by molar-refractivity contribution is -0.142. The lowest BCUT2D eigenvalue weighted by Gasteiger charge is -2.28. The van der Waals surface area contributed by atoms with Crippen LogP contribution in [0.1, 0.15) is 91.9 Å². The zero-order valence-electron chi connectivity index (χ0n) is 44.3. The minimum absolute atomic E-state index is 0.569. The van der Waals surface area contributed by atoms with E-state index in [1.807, 2.05) is 37.2 Å². The summed E-state index contributed by atoms with van der Waals surface area (Å²) in [6.07, 6.45) is -12.4. The van der Waals surface area contributed by atoms with Crippen LogP contribution < -0.4 is 76.1 Å². The number of primary amides is 4. The fraction of sp³-hybridized carbons (Fsp3) is 0.591. The number of carboxylic acid groups (broad SMARTS) is 4. The first-order valence-corrected chi connectivity index (χ1v) is 24.2. The molecule has 0 aliphatic rings. The summed E-state index contributed by atoms with van der Waals surface area (Å²) in [4.78, 5) is 226. The van der Waals surface area contributed by atoms with E-state index in [9.17, 15) is 112 Å². The summed E-state index contributed by atoms with van der Waals surface area (Å²) >= 11 is 0. The van der Waals surface area contributed by atoms with Crippen LogP contribution in [-0.4, -0.2) is 210 Å². The number of nitrogens with two attached hydrogens (primary N) is 4. The fourth-order valence-electron chi connectivity index (χ4n) is 6.79. The molecule has 0 saturated heterocycles. The Hall–Kier alpha value is -9.62. The first kappa shape index (κ1) is 72.4. The highest BCUT2D eigenvalue weighted by Gasteiger charge is 2.38. The predicted molar refractivity (Wildman–Crippen MR) is 268 cm³/mol. The van der Waals surface area contributed by atoms with Crippen LogP contribution in [0.25, 0.3) is 0 Å². The van der Waals surface area contributed by atoms with Crippen LogP contribution in [0, 0.1) is 0 Å². The van der Waals surface area contributed by atoms with Crippen LogP contribution in [0.4, 0.5) is 0 Å². The van der Waals surface area contributed by atoms with Gasteiger partial charge in [-0.15, -0.1) is 0 Å². The Bertz CT molecular complexity index is 2460. The van der Waals surface area contributed by atoms with E-state index >= 15 is 0 Å². The number of carbonyl (C=O) groups excluding carboxylic acids is 14. The monoisotopic (exact) mass is 1180 g/mol. The molecular formula is C44H68N14O24. The molecule has 0 aromatic heterocycles. The van der Waals surface area contributed by atoms with Gasteiger partial charge in [0, 0.05) is 26.2 Å². The standard InChI is InChI=1S/C44H68N14O24/c1-15(49-40(78)24(13-31(69)70)56-38(76)20(6-9-27(46)63)52-43(81)33(16(2)59)50-18(4)61)36(74)51-21(7-10-29(65)66)39(77)57-25(14-32(71)72)41(79)55-23(11-28(47)64)42(80)58-34(17(3)60)44(82)53-19(5-8-26(45)62)37(75)54-22(35(48)73)12-30(67)68/h15-17,19-25,33-34,59-60H,5-14H2,1-4H3,(H2,45,62)(H2,46,63)(H2,47,64)(H2,48,73)(H,49,78)(H,50,61)(H,51,74)(H,52,81)(H,53,82)(H,54,75)(H,55,79)(H,56,76)(H,57,77)(H,58,80)(H,65,66)(H,67,68)(H,69,70)(H,71,72)/t15-,16+,17+,19-,20-,21-,22-,23-,24-,25-,33-,34-/m0/s1. The second kappa shape index (κ2) is 35.1. The average Bonchev–Trinajstić information content (AvgIpc) is 3.43. The van der Waals surface area contributed by atoms with Crippen LogP contribution in [0.15, 0.2) is 0 Å².